The average molecular weight is 254 g/mol. The largest absolute Gasteiger partial charge is 0.326 e. The summed E-state index contributed by atoms with van der Waals surface area (Å²) < 4.78 is 26.6. The van der Waals surface area contributed by atoms with Crippen LogP contribution in [0.25, 0.3) is 11.1 Å². The van der Waals surface area contributed by atoms with E-state index in [4.69, 9.17) is 17.3 Å². The van der Waals surface area contributed by atoms with Crippen LogP contribution in [-0.2, 0) is 6.54 Å². The van der Waals surface area contributed by atoms with Gasteiger partial charge in [-0.3, -0.25) is 0 Å². The van der Waals surface area contributed by atoms with Crippen LogP contribution in [0, 0.1) is 11.6 Å². The molecule has 0 aliphatic heterocycles. The van der Waals surface area contributed by atoms with Crippen molar-refractivity contribution < 1.29 is 8.78 Å². The summed E-state index contributed by atoms with van der Waals surface area (Å²) in [4.78, 5) is 0. The molecule has 0 radical (unpaired) electrons. The summed E-state index contributed by atoms with van der Waals surface area (Å²) in [5, 5.41) is 0.179. The van der Waals surface area contributed by atoms with Gasteiger partial charge >= 0.3 is 0 Å². The van der Waals surface area contributed by atoms with Crippen molar-refractivity contribution in [1.82, 2.24) is 0 Å². The van der Waals surface area contributed by atoms with E-state index in [1.54, 1.807) is 12.1 Å². The van der Waals surface area contributed by atoms with Crippen LogP contribution in [-0.4, -0.2) is 0 Å². The molecule has 2 aromatic carbocycles. The second kappa shape index (κ2) is 4.82. The van der Waals surface area contributed by atoms with Gasteiger partial charge in [-0.15, -0.1) is 0 Å². The summed E-state index contributed by atoms with van der Waals surface area (Å²) >= 11 is 5.89. The van der Waals surface area contributed by atoms with E-state index in [0.717, 1.165) is 11.6 Å². The Kier molecular flexibility index (Phi) is 3.41. The minimum atomic E-state index is -0.450. The molecule has 0 aliphatic carbocycles. The molecule has 0 amide bonds. The fraction of sp³-hybridized carbons (Fsp3) is 0.0769. The van der Waals surface area contributed by atoms with E-state index in [1.165, 1.54) is 18.2 Å². The maximum absolute atomic E-state index is 13.7. The number of nitrogens with two attached hydrogens (primary N) is 1. The van der Waals surface area contributed by atoms with Crippen LogP contribution in [0.1, 0.15) is 5.56 Å². The van der Waals surface area contributed by atoms with Gasteiger partial charge in [-0.1, -0.05) is 17.7 Å². The molecular weight excluding hydrogens is 244 g/mol. The highest BCUT2D eigenvalue weighted by Crippen LogP contribution is 2.31. The summed E-state index contributed by atoms with van der Waals surface area (Å²) in [6, 6.07) is 8.42. The van der Waals surface area contributed by atoms with Crippen LogP contribution in [0.2, 0.25) is 5.02 Å². The Balaban J connectivity index is 2.59. The van der Waals surface area contributed by atoms with Crippen molar-refractivity contribution in [2.45, 2.75) is 6.54 Å². The van der Waals surface area contributed by atoms with Gasteiger partial charge in [0.2, 0.25) is 0 Å². The lowest BCUT2D eigenvalue weighted by atomic mass is 10.0. The first-order valence-corrected chi connectivity index (χ1v) is 5.43. The highest BCUT2D eigenvalue weighted by atomic mass is 35.5. The lowest BCUT2D eigenvalue weighted by molar-refractivity contribution is 0.625. The van der Waals surface area contributed by atoms with Crippen LogP contribution in [0.3, 0.4) is 0 Å². The van der Waals surface area contributed by atoms with Gasteiger partial charge < -0.3 is 5.73 Å². The predicted octanol–water partition coefficient (Wildman–Crippen LogP) is 3.74. The van der Waals surface area contributed by atoms with Gasteiger partial charge in [0.15, 0.2) is 0 Å². The number of hydrogen-bond acceptors (Lipinski definition) is 1. The zero-order chi connectivity index (χ0) is 12.4. The van der Waals surface area contributed by atoms with Gasteiger partial charge in [0.05, 0.1) is 5.02 Å². The summed E-state index contributed by atoms with van der Waals surface area (Å²) in [6.45, 7) is 0.312. The second-order valence-corrected chi connectivity index (χ2v) is 4.05. The van der Waals surface area contributed by atoms with E-state index in [9.17, 15) is 8.78 Å². The average Bonchev–Trinajstić information content (AvgIpc) is 2.30. The van der Waals surface area contributed by atoms with E-state index < -0.39 is 11.6 Å². The fourth-order valence-electron chi connectivity index (χ4n) is 1.61. The summed E-state index contributed by atoms with van der Waals surface area (Å²) in [5.41, 5.74) is 7.08. The number of rotatable bonds is 2. The molecule has 0 atom stereocenters. The maximum atomic E-state index is 13.7. The maximum Gasteiger partial charge on any atom is 0.131 e. The summed E-state index contributed by atoms with van der Waals surface area (Å²) in [7, 11) is 0. The summed E-state index contributed by atoms with van der Waals surface area (Å²) in [5.74, 6) is -0.857. The minimum absolute atomic E-state index is 0.179. The third kappa shape index (κ3) is 2.46. The Morgan fingerprint density at radius 3 is 2.41 bits per heavy atom. The molecule has 0 bridgehead atoms. The lowest BCUT2D eigenvalue weighted by Gasteiger charge is -2.08. The van der Waals surface area contributed by atoms with Crippen molar-refractivity contribution in [2.24, 2.45) is 5.73 Å². The molecule has 0 heterocycles. The highest BCUT2D eigenvalue weighted by Gasteiger charge is 2.10. The van der Waals surface area contributed by atoms with Crippen LogP contribution >= 0.6 is 11.6 Å². The zero-order valence-electron chi connectivity index (χ0n) is 8.88. The Bertz CT molecular complexity index is 555. The highest BCUT2D eigenvalue weighted by molar-refractivity contribution is 6.33. The number of halogens is 3. The van der Waals surface area contributed by atoms with Crippen molar-refractivity contribution in [1.29, 1.82) is 0 Å². The number of hydrogen-bond donors (Lipinski definition) is 1. The molecule has 0 aromatic heterocycles. The van der Waals surface area contributed by atoms with Crippen molar-refractivity contribution >= 4 is 11.6 Å². The molecular formula is C13H10ClF2N. The smallest absolute Gasteiger partial charge is 0.131 e. The fourth-order valence-corrected chi connectivity index (χ4v) is 1.88. The normalized spacial score (nSPS) is 10.6. The molecule has 0 aliphatic rings. The SMILES string of the molecule is NCc1ccc(F)c(-c2ccc(F)cc2Cl)c1. The third-order valence-electron chi connectivity index (χ3n) is 2.49. The molecule has 0 fully saturated rings. The minimum Gasteiger partial charge on any atom is -0.326 e. The monoisotopic (exact) mass is 253 g/mol. The van der Waals surface area contributed by atoms with Crippen LogP contribution < -0.4 is 5.73 Å². The van der Waals surface area contributed by atoms with E-state index in [2.05, 4.69) is 0 Å². The van der Waals surface area contributed by atoms with Crippen LogP contribution in [0.15, 0.2) is 36.4 Å². The van der Waals surface area contributed by atoms with E-state index >= 15 is 0 Å². The molecule has 88 valence electrons. The molecule has 2 aromatic rings. The van der Waals surface area contributed by atoms with Crippen molar-refractivity contribution in [3.05, 3.63) is 58.6 Å². The quantitative estimate of drug-likeness (QED) is 0.867. The lowest BCUT2D eigenvalue weighted by Crippen LogP contribution is -1.97. The standard InChI is InChI=1S/C13H10ClF2N/c14-12-6-9(15)2-3-10(12)11-5-8(7-17)1-4-13(11)16/h1-6H,7,17H2. The van der Waals surface area contributed by atoms with Gasteiger partial charge in [0.1, 0.15) is 11.6 Å². The molecule has 2 N–H and O–H groups in total. The van der Waals surface area contributed by atoms with E-state index in [0.29, 0.717) is 17.7 Å². The van der Waals surface area contributed by atoms with Gasteiger partial charge in [-0.2, -0.15) is 0 Å². The molecule has 1 nitrogen and oxygen atoms in total. The molecule has 17 heavy (non-hydrogen) atoms. The van der Waals surface area contributed by atoms with Gasteiger partial charge in [-0.05, 0) is 35.9 Å². The van der Waals surface area contributed by atoms with Crippen molar-refractivity contribution in [3.8, 4) is 11.1 Å². The molecule has 0 saturated carbocycles. The molecule has 2 rings (SSSR count). The molecule has 0 saturated heterocycles. The van der Waals surface area contributed by atoms with Gasteiger partial charge in [-0.25, -0.2) is 8.78 Å². The van der Waals surface area contributed by atoms with Crippen molar-refractivity contribution in [3.63, 3.8) is 0 Å². The first-order valence-electron chi connectivity index (χ1n) is 5.05. The second-order valence-electron chi connectivity index (χ2n) is 3.64. The van der Waals surface area contributed by atoms with Crippen LogP contribution in [0.4, 0.5) is 8.78 Å². The molecule has 0 unspecified atom stereocenters. The first-order chi connectivity index (χ1) is 8.11. The van der Waals surface area contributed by atoms with Gasteiger partial charge in [0, 0.05) is 17.7 Å². The molecule has 4 heteroatoms. The van der Waals surface area contributed by atoms with Gasteiger partial charge in [0.25, 0.3) is 0 Å². The Hall–Kier alpha value is -1.45. The van der Waals surface area contributed by atoms with E-state index in [1.807, 2.05) is 0 Å². The van der Waals surface area contributed by atoms with Crippen molar-refractivity contribution in [2.75, 3.05) is 0 Å². The Morgan fingerprint density at radius 2 is 1.76 bits per heavy atom. The third-order valence-corrected chi connectivity index (χ3v) is 2.80. The Morgan fingerprint density at radius 1 is 1.00 bits per heavy atom. The van der Waals surface area contributed by atoms with Crippen LogP contribution in [0.5, 0.6) is 0 Å². The Labute approximate surface area is 103 Å². The van der Waals surface area contributed by atoms with E-state index in [-0.39, 0.29) is 5.02 Å². The first kappa shape index (κ1) is 12.0. The number of benzene rings is 2. The molecule has 0 spiro atoms. The topological polar surface area (TPSA) is 26.0 Å². The summed E-state index contributed by atoms with van der Waals surface area (Å²) in [6.07, 6.45) is 0. The zero-order valence-corrected chi connectivity index (χ0v) is 9.64. The predicted molar refractivity (Wildman–Crippen MR) is 64.7 cm³/mol.